The summed E-state index contributed by atoms with van der Waals surface area (Å²) in [6.45, 7) is -0.0207. The Morgan fingerprint density at radius 1 is 1.00 bits per heavy atom. The molecule has 0 atom stereocenters. The largest absolute Gasteiger partial charge is 0.359 e. The summed E-state index contributed by atoms with van der Waals surface area (Å²) in [6.07, 6.45) is -0.0152. The average Bonchev–Trinajstić information content (AvgIpc) is 2.65. The number of ketones is 1. The highest BCUT2D eigenvalue weighted by Gasteiger charge is 2.20. The Kier molecular flexibility index (Phi) is 7.38. The summed E-state index contributed by atoms with van der Waals surface area (Å²) in [7, 11) is -2.49. The number of rotatable bonds is 8. The molecule has 0 spiro atoms. The van der Waals surface area contributed by atoms with Crippen LogP contribution in [0.4, 0.5) is 0 Å². The molecule has 0 radical (unpaired) electrons. The first-order chi connectivity index (χ1) is 12.7. The Bertz CT molecular complexity index is 962. The van der Waals surface area contributed by atoms with Gasteiger partial charge in [0.05, 0.1) is 5.02 Å². The first-order valence-corrected chi connectivity index (χ1v) is 10.2. The second kappa shape index (κ2) is 9.32. The number of hydrogen-bond acceptors (Lipinski definition) is 4. The fraction of sp³-hybridized carbons (Fsp3) is 0.222. The normalized spacial score (nSPS) is 11.2. The topological polar surface area (TPSA) is 92.3 Å². The van der Waals surface area contributed by atoms with Crippen molar-refractivity contribution in [2.45, 2.75) is 24.3 Å². The van der Waals surface area contributed by atoms with Gasteiger partial charge in [-0.1, -0.05) is 41.4 Å². The van der Waals surface area contributed by atoms with Gasteiger partial charge in [-0.15, -0.1) is 0 Å². The Balaban J connectivity index is 2.19. The van der Waals surface area contributed by atoms with Crippen LogP contribution in [-0.4, -0.2) is 27.2 Å². The van der Waals surface area contributed by atoms with Crippen LogP contribution in [0.2, 0.25) is 10.0 Å². The van der Waals surface area contributed by atoms with E-state index in [1.807, 2.05) is 0 Å². The third kappa shape index (κ3) is 5.77. The summed E-state index contributed by atoms with van der Waals surface area (Å²) in [5.41, 5.74) is 0.776. The number of sulfonamides is 1. The van der Waals surface area contributed by atoms with E-state index in [-0.39, 0.29) is 46.6 Å². The van der Waals surface area contributed by atoms with Crippen LogP contribution in [0, 0.1) is 0 Å². The molecule has 0 aliphatic heterocycles. The molecule has 0 heterocycles. The number of nitrogens with one attached hydrogen (secondary N) is 2. The Hall–Kier alpha value is -1.93. The first-order valence-electron chi connectivity index (χ1n) is 8.01. The maximum atomic E-state index is 12.6. The van der Waals surface area contributed by atoms with Crippen molar-refractivity contribution in [3.8, 4) is 0 Å². The van der Waals surface area contributed by atoms with Crippen molar-refractivity contribution in [2.75, 3.05) is 7.05 Å². The van der Waals surface area contributed by atoms with Crippen LogP contribution in [0.15, 0.2) is 47.4 Å². The monoisotopic (exact) mass is 428 g/mol. The molecule has 2 rings (SSSR count). The molecule has 0 saturated heterocycles. The Labute approximate surface area is 167 Å². The van der Waals surface area contributed by atoms with E-state index in [9.17, 15) is 18.0 Å². The lowest BCUT2D eigenvalue weighted by Crippen LogP contribution is -2.24. The van der Waals surface area contributed by atoms with Crippen molar-refractivity contribution in [3.63, 3.8) is 0 Å². The summed E-state index contributed by atoms with van der Waals surface area (Å²) < 4.78 is 27.6. The highest BCUT2D eigenvalue weighted by molar-refractivity contribution is 7.89. The molecule has 144 valence electrons. The molecule has 2 aromatic carbocycles. The van der Waals surface area contributed by atoms with Crippen LogP contribution in [0.25, 0.3) is 0 Å². The van der Waals surface area contributed by atoms with Crippen molar-refractivity contribution in [1.29, 1.82) is 0 Å². The molecule has 0 aliphatic rings. The van der Waals surface area contributed by atoms with E-state index in [1.54, 1.807) is 24.3 Å². The van der Waals surface area contributed by atoms with Crippen LogP contribution >= 0.6 is 23.2 Å². The molecule has 1 amide bonds. The van der Waals surface area contributed by atoms with Crippen molar-refractivity contribution in [2.24, 2.45) is 0 Å². The standard InChI is InChI=1S/C18H18Cl2N2O4S/c1-21-18(24)9-8-16(23)12-6-7-15(20)17(10-12)27(25,26)22-11-13-4-2-3-5-14(13)19/h2-7,10,22H,8-9,11H2,1H3,(H,21,24). The fourth-order valence-corrected chi connectivity index (χ4v) is 4.00. The van der Waals surface area contributed by atoms with Crippen molar-refractivity contribution in [3.05, 3.63) is 63.6 Å². The van der Waals surface area contributed by atoms with Gasteiger partial charge in [0.2, 0.25) is 15.9 Å². The SMILES string of the molecule is CNC(=O)CCC(=O)c1ccc(Cl)c(S(=O)(=O)NCc2ccccc2Cl)c1. The van der Waals surface area contributed by atoms with E-state index >= 15 is 0 Å². The summed E-state index contributed by atoms with van der Waals surface area (Å²) >= 11 is 12.1. The molecular weight excluding hydrogens is 411 g/mol. The van der Waals surface area contributed by atoms with Crippen LogP contribution in [0.3, 0.4) is 0 Å². The Morgan fingerprint density at radius 2 is 1.70 bits per heavy atom. The van der Waals surface area contributed by atoms with Gasteiger partial charge in [-0.2, -0.15) is 0 Å². The summed E-state index contributed by atoms with van der Waals surface area (Å²) in [4.78, 5) is 23.3. The average molecular weight is 429 g/mol. The molecule has 0 fully saturated rings. The smallest absolute Gasteiger partial charge is 0.242 e. The zero-order valence-corrected chi connectivity index (χ0v) is 16.8. The Morgan fingerprint density at radius 3 is 2.37 bits per heavy atom. The maximum Gasteiger partial charge on any atom is 0.242 e. The van der Waals surface area contributed by atoms with Crippen LogP contribution in [-0.2, 0) is 21.4 Å². The number of amides is 1. The third-order valence-electron chi connectivity index (χ3n) is 3.81. The minimum absolute atomic E-state index is 0.00971. The van der Waals surface area contributed by atoms with Gasteiger partial charge in [-0.3, -0.25) is 9.59 Å². The number of carbonyl (C=O) groups is 2. The molecule has 0 bridgehead atoms. The summed E-state index contributed by atoms with van der Waals surface area (Å²) in [5, 5.41) is 2.85. The lowest BCUT2D eigenvalue weighted by Gasteiger charge is -2.11. The fourth-order valence-electron chi connectivity index (χ4n) is 2.27. The highest BCUT2D eigenvalue weighted by atomic mass is 35.5. The molecular formula is C18H18Cl2N2O4S. The van der Waals surface area contributed by atoms with E-state index in [1.165, 1.54) is 25.2 Å². The van der Waals surface area contributed by atoms with Gasteiger partial charge in [0.1, 0.15) is 4.90 Å². The molecule has 9 heteroatoms. The summed E-state index contributed by atoms with van der Waals surface area (Å²) in [6, 6.07) is 10.8. The predicted molar refractivity (Wildman–Crippen MR) is 105 cm³/mol. The molecule has 0 aliphatic carbocycles. The van der Waals surface area contributed by atoms with Gasteiger partial charge in [0.25, 0.3) is 0 Å². The number of carbonyl (C=O) groups excluding carboxylic acids is 2. The number of benzene rings is 2. The molecule has 6 nitrogen and oxygen atoms in total. The highest BCUT2D eigenvalue weighted by Crippen LogP contribution is 2.24. The quantitative estimate of drug-likeness (QED) is 0.631. The lowest BCUT2D eigenvalue weighted by molar-refractivity contribution is -0.120. The van der Waals surface area contributed by atoms with Gasteiger partial charge in [0.15, 0.2) is 5.78 Å². The first kappa shape index (κ1) is 21.4. The van der Waals surface area contributed by atoms with E-state index < -0.39 is 10.0 Å². The van der Waals surface area contributed by atoms with Crippen molar-refractivity contribution >= 4 is 44.9 Å². The summed E-state index contributed by atoms with van der Waals surface area (Å²) in [5.74, 6) is -0.621. The second-order valence-corrected chi connectivity index (χ2v) is 8.21. The molecule has 0 saturated carbocycles. The van der Waals surface area contributed by atoms with Gasteiger partial charge in [-0.05, 0) is 29.8 Å². The molecule has 0 unspecified atom stereocenters. The number of hydrogen-bond donors (Lipinski definition) is 2. The van der Waals surface area contributed by atoms with E-state index in [0.717, 1.165) is 0 Å². The van der Waals surface area contributed by atoms with Crippen LogP contribution in [0.5, 0.6) is 0 Å². The third-order valence-corrected chi connectivity index (χ3v) is 6.06. The van der Waals surface area contributed by atoms with Gasteiger partial charge in [-0.25, -0.2) is 13.1 Å². The predicted octanol–water partition coefficient (Wildman–Crippen LogP) is 3.18. The van der Waals surface area contributed by atoms with Gasteiger partial charge >= 0.3 is 0 Å². The van der Waals surface area contributed by atoms with Gasteiger partial charge in [0, 0.05) is 37.0 Å². The zero-order chi connectivity index (χ0) is 20.0. The van der Waals surface area contributed by atoms with E-state index in [0.29, 0.717) is 10.6 Å². The van der Waals surface area contributed by atoms with Crippen molar-refractivity contribution in [1.82, 2.24) is 10.0 Å². The van der Waals surface area contributed by atoms with Crippen LogP contribution in [0.1, 0.15) is 28.8 Å². The molecule has 27 heavy (non-hydrogen) atoms. The van der Waals surface area contributed by atoms with E-state index in [2.05, 4.69) is 10.0 Å². The lowest BCUT2D eigenvalue weighted by atomic mass is 10.1. The molecule has 2 aromatic rings. The van der Waals surface area contributed by atoms with Crippen molar-refractivity contribution < 1.29 is 18.0 Å². The van der Waals surface area contributed by atoms with E-state index in [4.69, 9.17) is 23.2 Å². The molecule has 2 N–H and O–H groups in total. The number of Topliss-reactive ketones (excluding diaryl/α,β-unsaturated/α-hetero) is 1. The molecule has 0 aromatic heterocycles. The zero-order valence-electron chi connectivity index (χ0n) is 14.5. The maximum absolute atomic E-state index is 12.6. The minimum Gasteiger partial charge on any atom is -0.359 e. The van der Waals surface area contributed by atoms with Crippen LogP contribution < -0.4 is 10.0 Å². The van der Waals surface area contributed by atoms with Gasteiger partial charge < -0.3 is 5.32 Å². The number of halogens is 2. The second-order valence-electron chi connectivity index (χ2n) is 5.66. The minimum atomic E-state index is -3.97.